The highest BCUT2D eigenvalue weighted by Gasteiger charge is 2.17. The first-order valence-corrected chi connectivity index (χ1v) is 8.60. The molecule has 5 nitrogen and oxygen atoms in total. The van der Waals surface area contributed by atoms with Crippen molar-refractivity contribution in [2.75, 3.05) is 6.54 Å². The van der Waals surface area contributed by atoms with Crippen LogP contribution in [0.25, 0.3) is 0 Å². The number of hydrogen-bond donors (Lipinski definition) is 1. The molecule has 0 unspecified atom stereocenters. The zero-order valence-electron chi connectivity index (χ0n) is 15.7. The molecule has 0 heterocycles. The second-order valence-corrected chi connectivity index (χ2v) is 6.80. The van der Waals surface area contributed by atoms with E-state index >= 15 is 0 Å². The number of carbonyl (C=O) groups excluding carboxylic acids is 2. The van der Waals surface area contributed by atoms with Gasteiger partial charge in [0.15, 0.2) is 0 Å². The summed E-state index contributed by atoms with van der Waals surface area (Å²) in [6.07, 6.45) is -0.520. The molecule has 140 valence electrons. The van der Waals surface area contributed by atoms with E-state index < -0.39 is 11.7 Å². The van der Waals surface area contributed by atoms with Gasteiger partial charge in [-0.1, -0.05) is 42.2 Å². The second-order valence-electron chi connectivity index (χ2n) is 6.80. The molecule has 2 rings (SSSR count). The standard InChI is InChI=1S/C22H23NO4/c1-22(2,3)27-20(24)19-13-11-17(12-14-19)10-7-15-23-21(25)26-16-18-8-5-4-6-9-18/h4-6,8-9,11-14H,15-16H2,1-3H3,(H,23,25). The van der Waals surface area contributed by atoms with Crippen molar-refractivity contribution < 1.29 is 19.1 Å². The summed E-state index contributed by atoms with van der Waals surface area (Å²) in [5.41, 5.74) is 1.60. The van der Waals surface area contributed by atoms with Gasteiger partial charge >= 0.3 is 12.1 Å². The van der Waals surface area contributed by atoms with Gasteiger partial charge in [-0.05, 0) is 50.6 Å². The first-order valence-electron chi connectivity index (χ1n) is 8.60. The Morgan fingerprint density at radius 2 is 1.67 bits per heavy atom. The predicted molar refractivity (Wildman–Crippen MR) is 103 cm³/mol. The summed E-state index contributed by atoms with van der Waals surface area (Å²) in [5.74, 6) is 5.38. The average Bonchev–Trinajstić information content (AvgIpc) is 2.63. The maximum atomic E-state index is 12.0. The molecule has 0 saturated heterocycles. The third-order valence-electron chi connectivity index (χ3n) is 3.29. The Kier molecular flexibility index (Phi) is 7.01. The van der Waals surface area contributed by atoms with Crippen LogP contribution in [0.2, 0.25) is 0 Å². The first-order chi connectivity index (χ1) is 12.8. The van der Waals surface area contributed by atoms with Gasteiger partial charge in [-0.2, -0.15) is 0 Å². The fourth-order valence-electron chi connectivity index (χ4n) is 2.06. The minimum absolute atomic E-state index is 0.168. The summed E-state index contributed by atoms with van der Waals surface area (Å²) in [6, 6.07) is 16.2. The van der Waals surface area contributed by atoms with E-state index in [4.69, 9.17) is 9.47 Å². The number of nitrogens with one attached hydrogen (secondary N) is 1. The van der Waals surface area contributed by atoms with Crippen LogP contribution in [0.4, 0.5) is 4.79 Å². The molecule has 0 aliphatic carbocycles. The van der Waals surface area contributed by atoms with Crippen LogP contribution >= 0.6 is 0 Å². The molecule has 27 heavy (non-hydrogen) atoms. The van der Waals surface area contributed by atoms with Crippen molar-refractivity contribution in [3.8, 4) is 11.8 Å². The normalized spacial score (nSPS) is 10.3. The van der Waals surface area contributed by atoms with Crippen molar-refractivity contribution in [2.45, 2.75) is 33.0 Å². The lowest BCUT2D eigenvalue weighted by Gasteiger charge is -2.19. The molecule has 0 aliphatic rings. The van der Waals surface area contributed by atoms with Gasteiger partial charge in [-0.25, -0.2) is 9.59 Å². The number of esters is 1. The van der Waals surface area contributed by atoms with Crippen molar-refractivity contribution in [3.05, 3.63) is 71.3 Å². The van der Waals surface area contributed by atoms with Gasteiger partial charge in [0.05, 0.1) is 12.1 Å². The summed E-state index contributed by atoms with van der Waals surface area (Å²) in [4.78, 5) is 23.6. The van der Waals surface area contributed by atoms with Gasteiger partial charge in [0.1, 0.15) is 12.2 Å². The highest BCUT2D eigenvalue weighted by molar-refractivity contribution is 5.89. The molecule has 1 amide bonds. The Labute approximate surface area is 159 Å². The Morgan fingerprint density at radius 1 is 1.00 bits per heavy atom. The molecule has 0 aliphatic heterocycles. The number of alkyl carbamates (subject to hydrolysis) is 1. The van der Waals surface area contributed by atoms with Crippen LogP contribution in [0, 0.1) is 11.8 Å². The van der Waals surface area contributed by atoms with Crippen molar-refractivity contribution in [3.63, 3.8) is 0 Å². The van der Waals surface area contributed by atoms with E-state index in [9.17, 15) is 9.59 Å². The van der Waals surface area contributed by atoms with E-state index in [-0.39, 0.29) is 19.1 Å². The van der Waals surface area contributed by atoms with Crippen LogP contribution in [0.1, 0.15) is 42.3 Å². The number of carbonyl (C=O) groups is 2. The maximum Gasteiger partial charge on any atom is 0.408 e. The quantitative estimate of drug-likeness (QED) is 0.659. The second kappa shape index (κ2) is 9.44. The minimum atomic E-state index is -0.531. The van der Waals surface area contributed by atoms with E-state index in [0.29, 0.717) is 5.56 Å². The monoisotopic (exact) mass is 365 g/mol. The van der Waals surface area contributed by atoms with E-state index in [1.807, 2.05) is 51.1 Å². The van der Waals surface area contributed by atoms with E-state index in [0.717, 1.165) is 11.1 Å². The molecule has 0 aromatic heterocycles. The molecular weight excluding hydrogens is 342 g/mol. The molecule has 1 N–H and O–H groups in total. The topological polar surface area (TPSA) is 64.6 Å². The largest absolute Gasteiger partial charge is 0.456 e. The molecule has 0 bridgehead atoms. The Bertz CT molecular complexity index is 825. The highest BCUT2D eigenvalue weighted by atomic mass is 16.6. The van der Waals surface area contributed by atoms with Gasteiger partial charge in [0.25, 0.3) is 0 Å². The van der Waals surface area contributed by atoms with Gasteiger partial charge in [-0.3, -0.25) is 0 Å². The third kappa shape index (κ3) is 7.66. The summed E-state index contributed by atoms with van der Waals surface area (Å²) < 4.78 is 10.4. The Hall–Kier alpha value is -3.26. The van der Waals surface area contributed by atoms with Gasteiger partial charge < -0.3 is 14.8 Å². The third-order valence-corrected chi connectivity index (χ3v) is 3.29. The predicted octanol–water partition coefficient (Wildman–Crippen LogP) is 3.92. The van der Waals surface area contributed by atoms with E-state index in [1.54, 1.807) is 24.3 Å². The maximum absolute atomic E-state index is 12.0. The number of amides is 1. The summed E-state index contributed by atoms with van der Waals surface area (Å²) in [6.45, 7) is 5.85. The van der Waals surface area contributed by atoms with Gasteiger partial charge in [-0.15, -0.1) is 0 Å². The summed E-state index contributed by atoms with van der Waals surface area (Å²) in [5, 5.41) is 2.57. The molecule has 2 aromatic carbocycles. The van der Waals surface area contributed by atoms with Crippen molar-refractivity contribution in [1.29, 1.82) is 0 Å². The lowest BCUT2D eigenvalue weighted by atomic mass is 10.1. The molecule has 2 aromatic rings. The molecule has 0 radical (unpaired) electrons. The van der Waals surface area contributed by atoms with E-state index in [2.05, 4.69) is 17.2 Å². The number of hydrogen-bond acceptors (Lipinski definition) is 4. The number of rotatable bonds is 4. The van der Waals surface area contributed by atoms with Crippen LogP contribution < -0.4 is 5.32 Å². The SMILES string of the molecule is CC(C)(C)OC(=O)c1ccc(C#CCNC(=O)OCc2ccccc2)cc1. The fourth-order valence-corrected chi connectivity index (χ4v) is 2.06. The lowest BCUT2D eigenvalue weighted by molar-refractivity contribution is 0.00695. The van der Waals surface area contributed by atoms with Gasteiger partial charge in [0, 0.05) is 5.56 Å². The molecule has 0 fully saturated rings. The summed E-state index contributed by atoms with van der Waals surface area (Å²) >= 11 is 0. The number of benzene rings is 2. The molecule has 0 spiro atoms. The fraction of sp³-hybridized carbons (Fsp3) is 0.273. The molecule has 0 saturated carbocycles. The minimum Gasteiger partial charge on any atom is -0.456 e. The van der Waals surface area contributed by atoms with Crippen LogP contribution in [0.3, 0.4) is 0 Å². The Morgan fingerprint density at radius 3 is 2.30 bits per heavy atom. The first kappa shape index (κ1) is 20.1. The number of ether oxygens (including phenoxy) is 2. The van der Waals surface area contributed by atoms with E-state index in [1.165, 1.54) is 0 Å². The van der Waals surface area contributed by atoms with Crippen LogP contribution in [-0.2, 0) is 16.1 Å². The molecule has 0 atom stereocenters. The zero-order chi connectivity index (χ0) is 19.7. The van der Waals surface area contributed by atoms with Crippen LogP contribution in [-0.4, -0.2) is 24.2 Å². The lowest BCUT2D eigenvalue weighted by Crippen LogP contribution is -2.24. The Balaban J connectivity index is 1.77. The highest BCUT2D eigenvalue weighted by Crippen LogP contribution is 2.12. The average molecular weight is 365 g/mol. The van der Waals surface area contributed by atoms with Crippen LogP contribution in [0.15, 0.2) is 54.6 Å². The van der Waals surface area contributed by atoms with Gasteiger partial charge in [0.2, 0.25) is 0 Å². The molecule has 5 heteroatoms. The molecular formula is C22H23NO4. The van der Waals surface area contributed by atoms with Crippen LogP contribution in [0.5, 0.6) is 0 Å². The van der Waals surface area contributed by atoms with Crippen molar-refractivity contribution in [2.24, 2.45) is 0 Å². The van der Waals surface area contributed by atoms with Crippen molar-refractivity contribution in [1.82, 2.24) is 5.32 Å². The summed E-state index contributed by atoms with van der Waals surface area (Å²) in [7, 11) is 0. The zero-order valence-corrected chi connectivity index (χ0v) is 15.7. The van der Waals surface area contributed by atoms with Crippen molar-refractivity contribution >= 4 is 12.1 Å². The smallest absolute Gasteiger partial charge is 0.408 e.